The van der Waals surface area contributed by atoms with E-state index in [2.05, 4.69) is 11.3 Å². The minimum Gasteiger partial charge on any atom is -0.212 e. The topological polar surface area (TPSA) is 46.2 Å². The molecule has 0 amide bonds. The second-order valence-electron chi connectivity index (χ2n) is 3.18. The molecule has 0 radical (unpaired) electrons. The van der Waals surface area contributed by atoms with Gasteiger partial charge in [0.1, 0.15) is 0 Å². The molecule has 0 saturated carbocycles. The molecule has 0 aliphatic carbocycles. The quantitative estimate of drug-likeness (QED) is 0.548. The van der Waals surface area contributed by atoms with E-state index < -0.39 is 10.0 Å². The van der Waals surface area contributed by atoms with Crippen LogP contribution in [0.1, 0.15) is 13.8 Å². The van der Waals surface area contributed by atoms with Crippen LogP contribution in [0, 0.1) is 5.92 Å². The summed E-state index contributed by atoms with van der Waals surface area (Å²) in [5, 5.41) is 0. The molecule has 0 spiro atoms. The minimum absolute atomic E-state index is 0.0313. The van der Waals surface area contributed by atoms with E-state index in [-0.39, 0.29) is 17.7 Å². The summed E-state index contributed by atoms with van der Waals surface area (Å²) in [6, 6.07) is -0.229. The average molecular weight is 226 g/mol. The summed E-state index contributed by atoms with van der Waals surface area (Å²) in [5.74, 6) is 0.383. The van der Waals surface area contributed by atoms with Crippen molar-refractivity contribution in [2.45, 2.75) is 19.9 Å². The molecule has 0 bridgehead atoms. The largest absolute Gasteiger partial charge is 0.212 e. The van der Waals surface area contributed by atoms with Crippen molar-refractivity contribution < 1.29 is 8.42 Å². The second kappa shape index (κ2) is 5.62. The van der Waals surface area contributed by atoms with Gasteiger partial charge in [0.15, 0.2) is 0 Å². The molecular formula is C8H16ClNO2S. The molecular weight excluding hydrogens is 210 g/mol. The Bertz CT molecular complexity index is 251. The number of sulfonamides is 1. The van der Waals surface area contributed by atoms with Crippen LogP contribution < -0.4 is 4.72 Å². The van der Waals surface area contributed by atoms with Crippen molar-refractivity contribution in [3.8, 4) is 0 Å². The third-order valence-corrected chi connectivity index (χ3v) is 3.75. The molecule has 13 heavy (non-hydrogen) atoms. The highest BCUT2D eigenvalue weighted by Gasteiger charge is 2.16. The molecule has 78 valence electrons. The second-order valence-corrected chi connectivity index (χ2v) is 5.29. The zero-order chi connectivity index (χ0) is 10.5. The molecule has 0 heterocycles. The van der Waals surface area contributed by atoms with Gasteiger partial charge < -0.3 is 0 Å². The lowest BCUT2D eigenvalue weighted by Crippen LogP contribution is -2.35. The summed E-state index contributed by atoms with van der Waals surface area (Å²) < 4.78 is 25.2. The van der Waals surface area contributed by atoms with Crippen LogP contribution in [0.5, 0.6) is 0 Å². The fraction of sp³-hybridized carbons (Fsp3) is 0.750. The minimum atomic E-state index is -3.21. The number of nitrogens with one attached hydrogen (secondary N) is 1. The standard InChI is InChI=1S/C8H16ClNO2S/c1-4-8(3)10-13(11,12)6-7(2)5-9/h4,7-8,10H,1,5-6H2,2-3H3. The predicted octanol–water partition coefficient (Wildman–Crippen LogP) is 1.36. The van der Waals surface area contributed by atoms with Crippen LogP contribution in [-0.4, -0.2) is 26.1 Å². The van der Waals surface area contributed by atoms with Gasteiger partial charge in [-0.15, -0.1) is 18.2 Å². The Hall–Kier alpha value is -0.0600. The van der Waals surface area contributed by atoms with Gasteiger partial charge >= 0.3 is 0 Å². The molecule has 1 N–H and O–H groups in total. The van der Waals surface area contributed by atoms with Crippen LogP contribution in [0.15, 0.2) is 12.7 Å². The van der Waals surface area contributed by atoms with E-state index in [0.29, 0.717) is 5.88 Å². The molecule has 0 fully saturated rings. The van der Waals surface area contributed by atoms with Gasteiger partial charge in [0, 0.05) is 11.9 Å². The van der Waals surface area contributed by atoms with E-state index in [9.17, 15) is 8.42 Å². The zero-order valence-electron chi connectivity index (χ0n) is 7.96. The first-order valence-corrected chi connectivity index (χ1v) is 6.28. The van der Waals surface area contributed by atoms with Gasteiger partial charge in [-0.3, -0.25) is 0 Å². The third-order valence-electron chi connectivity index (χ3n) is 1.49. The Balaban J connectivity index is 4.17. The Labute approximate surface area is 85.2 Å². The fourth-order valence-electron chi connectivity index (χ4n) is 0.799. The first-order valence-electron chi connectivity index (χ1n) is 4.09. The number of hydrogen-bond acceptors (Lipinski definition) is 2. The van der Waals surface area contributed by atoms with Crippen molar-refractivity contribution in [1.82, 2.24) is 4.72 Å². The summed E-state index contributed by atoms with van der Waals surface area (Å²) in [5.41, 5.74) is 0. The maximum absolute atomic E-state index is 11.4. The molecule has 0 aliphatic heterocycles. The van der Waals surface area contributed by atoms with Crippen LogP contribution in [-0.2, 0) is 10.0 Å². The highest BCUT2D eigenvalue weighted by molar-refractivity contribution is 7.89. The average Bonchev–Trinajstić information content (AvgIpc) is 2.02. The van der Waals surface area contributed by atoms with Gasteiger partial charge in [0.25, 0.3) is 0 Å². The van der Waals surface area contributed by atoms with Gasteiger partial charge in [-0.05, 0) is 12.8 Å². The summed E-state index contributed by atoms with van der Waals surface area (Å²) in [4.78, 5) is 0. The van der Waals surface area contributed by atoms with Crippen molar-refractivity contribution in [2.24, 2.45) is 5.92 Å². The molecule has 0 aromatic carbocycles. The number of alkyl halides is 1. The Kier molecular flexibility index (Phi) is 5.60. The van der Waals surface area contributed by atoms with Gasteiger partial charge in [-0.1, -0.05) is 13.0 Å². The zero-order valence-corrected chi connectivity index (χ0v) is 9.53. The Morgan fingerprint density at radius 3 is 2.46 bits per heavy atom. The van der Waals surface area contributed by atoms with E-state index >= 15 is 0 Å². The monoisotopic (exact) mass is 225 g/mol. The van der Waals surface area contributed by atoms with Crippen molar-refractivity contribution >= 4 is 21.6 Å². The van der Waals surface area contributed by atoms with Gasteiger partial charge in [0.05, 0.1) is 5.75 Å². The van der Waals surface area contributed by atoms with E-state index in [1.165, 1.54) is 0 Å². The first-order chi connectivity index (χ1) is 5.91. The molecule has 0 saturated heterocycles. The first kappa shape index (κ1) is 12.9. The molecule has 0 aromatic rings. The van der Waals surface area contributed by atoms with Crippen LogP contribution in [0.3, 0.4) is 0 Å². The highest BCUT2D eigenvalue weighted by Crippen LogP contribution is 2.02. The van der Waals surface area contributed by atoms with Crippen molar-refractivity contribution in [2.75, 3.05) is 11.6 Å². The van der Waals surface area contributed by atoms with Gasteiger partial charge in [-0.2, -0.15) is 0 Å². The van der Waals surface area contributed by atoms with Crippen LogP contribution >= 0.6 is 11.6 Å². The lowest BCUT2D eigenvalue weighted by molar-refractivity contribution is 0.564. The van der Waals surface area contributed by atoms with Crippen LogP contribution in [0.2, 0.25) is 0 Å². The molecule has 2 unspecified atom stereocenters. The summed E-state index contributed by atoms with van der Waals surface area (Å²) in [6.45, 7) is 7.02. The third kappa shape index (κ3) is 6.07. The molecule has 0 rings (SSSR count). The summed E-state index contributed by atoms with van der Waals surface area (Å²) in [6.07, 6.45) is 1.54. The molecule has 3 nitrogen and oxygen atoms in total. The van der Waals surface area contributed by atoms with Crippen molar-refractivity contribution in [1.29, 1.82) is 0 Å². The van der Waals surface area contributed by atoms with E-state index in [1.54, 1.807) is 19.9 Å². The fourth-order valence-corrected chi connectivity index (χ4v) is 2.66. The summed E-state index contributed by atoms with van der Waals surface area (Å²) in [7, 11) is -3.21. The Morgan fingerprint density at radius 1 is 1.54 bits per heavy atom. The lowest BCUT2D eigenvalue weighted by atomic mass is 10.3. The number of halogens is 1. The maximum Gasteiger partial charge on any atom is 0.212 e. The SMILES string of the molecule is C=CC(C)NS(=O)(=O)CC(C)CCl. The van der Waals surface area contributed by atoms with E-state index in [0.717, 1.165) is 0 Å². The lowest BCUT2D eigenvalue weighted by Gasteiger charge is -2.12. The maximum atomic E-state index is 11.4. The van der Waals surface area contributed by atoms with Crippen molar-refractivity contribution in [3.05, 3.63) is 12.7 Å². The predicted molar refractivity (Wildman–Crippen MR) is 56.5 cm³/mol. The molecule has 2 atom stereocenters. The van der Waals surface area contributed by atoms with Crippen molar-refractivity contribution in [3.63, 3.8) is 0 Å². The van der Waals surface area contributed by atoms with E-state index in [1.807, 2.05) is 0 Å². The van der Waals surface area contributed by atoms with Gasteiger partial charge in [-0.25, -0.2) is 13.1 Å². The normalized spacial score (nSPS) is 16.5. The molecule has 5 heteroatoms. The Morgan fingerprint density at radius 2 is 2.08 bits per heavy atom. The smallest absolute Gasteiger partial charge is 0.212 e. The molecule has 0 aromatic heterocycles. The van der Waals surface area contributed by atoms with Crippen LogP contribution in [0.4, 0.5) is 0 Å². The number of rotatable bonds is 6. The summed E-state index contributed by atoms with van der Waals surface area (Å²) >= 11 is 5.52. The number of hydrogen-bond donors (Lipinski definition) is 1. The van der Waals surface area contributed by atoms with Gasteiger partial charge in [0.2, 0.25) is 10.0 Å². The van der Waals surface area contributed by atoms with Crippen LogP contribution in [0.25, 0.3) is 0 Å². The van der Waals surface area contributed by atoms with E-state index in [4.69, 9.17) is 11.6 Å². The molecule has 0 aliphatic rings. The highest BCUT2D eigenvalue weighted by atomic mass is 35.5.